The van der Waals surface area contributed by atoms with Gasteiger partial charge in [0.05, 0.1) is 32.5 Å². The monoisotopic (exact) mass is 288 g/mol. The van der Waals surface area contributed by atoms with Gasteiger partial charge in [-0.25, -0.2) is 0 Å². The topological polar surface area (TPSA) is 64.8 Å². The molecule has 21 heavy (non-hydrogen) atoms. The van der Waals surface area contributed by atoms with Crippen molar-refractivity contribution in [3.8, 4) is 11.5 Å². The molecule has 2 heterocycles. The van der Waals surface area contributed by atoms with Crippen molar-refractivity contribution in [2.24, 2.45) is 0 Å². The van der Waals surface area contributed by atoms with Crippen molar-refractivity contribution in [1.29, 1.82) is 0 Å². The molecule has 0 atom stereocenters. The average Bonchev–Trinajstić information content (AvgIpc) is 3.00. The van der Waals surface area contributed by atoms with Crippen LogP contribution in [0.1, 0.15) is 21.7 Å². The van der Waals surface area contributed by atoms with Gasteiger partial charge >= 0.3 is 0 Å². The number of aromatic nitrogens is 1. The van der Waals surface area contributed by atoms with Crippen LogP contribution in [0.2, 0.25) is 0 Å². The van der Waals surface area contributed by atoms with Crippen molar-refractivity contribution in [2.75, 3.05) is 20.8 Å². The molecule has 0 aliphatic carbocycles. The molecule has 0 fully saturated rings. The van der Waals surface area contributed by atoms with E-state index in [1.165, 1.54) is 7.11 Å². The van der Waals surface area contributed by atoms with Crippen molar-refractivity contribution in [2.45, 2.75) is 13.0 Å². The summed E-state index contributed by atoms with van der Waals surface area (Å²) in [5, 5.41) is 3.77. The van der Waals surface area contributed by atoms with Crippen LogP contribution < -0.4 is 9.47 Å². The van der Waals surface area contributed by atoms with Gasteiger partial charge in [0.25, 0.3) is 5.91 Å². The Kier molecular flexibility index (Phi) is 3.51. The number of carbonyl (C=O) groups excluding carboxylic acids is 1. The normalized spacial score (nSPS) is 13.7. The maximum Gasteiger partial charge on any atom is 0.258 e. The second kappa shape index (κ2) is 5.47. The van der Waals surface area contributed by atoms with E-state index in [0.29, 0.717) is 36.6 Å². The van der Waals surface area contributed by atoms with Gasteiger partial charge in [-0.2, -0.15) is 0 Å². The highest BCUT2D eigenvalue weighted by molar-refractivity contribution is 5.98. The van der Waals surface area contributed by atoms with Gasteiger partial charge in [0.2, 0.25) is 0 Å². The number of fused-ring (bicyclic) bond motifs is 1. The number of ether oxygens (including phenoxy) is 2. The Balaban J connectivity index is 1.90. The summed E-state index contributed by atoms with van der Waals surface area (Å²) < 4.78 is 15.7. The summed E-state index contributed by atoms with van der Waals surface area (Å²) >= 11 is 0. The van der Waals surface area contributed by atoms with E-state index in [-0.39, 0.29) is 5.91 Å². The highest BCUT2D eigenvalue weighted by atomic mass is 16.5. The molecule has 1 amide bonds. The Morgan fingerprint density at radius 1 is 1.33 bits per heavy atom. The van der Waals surface area contributed by atoms with Crippen LogP contribution in [-0.2, 0) is 13.0 Å². The molecule has 3 rings (SSSR count). The van der Waals surface area contributed by atoms with E-state index in [4.69, 9.17) is 14.0 Å². The summed E-state index contributed by atoms with van der Waals surface area (Å²) in [6, 6.07) is 5.29. The van der Waals surface area contributed by atoms with Gasteiger partial charge in [-0.05, 0) is 12.1 Å². The number of hydrogen-bond acceptors (Lipinski definition) is 5. The Morgan fingerprint density at radius 2 is 2.19 bits per heavy atom. The molecule has 0 radical (unpaired) electrons. The Labute approximate surface area is 122 Å². The fourth-order valence-electron chi connectivity index (χ4n) is 2.54. The Hall–Kier alpha value is -2.50. The lowest BCUT2D eigenvalue weighted by molar-refractivity contribution is 0.0725. The summed E-state index contributed by atoms with van der Waals surface area (Å²) in [5.41, 5.74) is 1.45. The van der Waals surface area contributed by atoms with Crippen LogP contribution in [-0.4, -0.2) is 36.7 Å². The molecule has 6 nitrogen and oxygen atoms in total. The second-order valence-corrected chi connectivity index (χ2v) is 4.79. The van der Waals surface area contributed by atoms with Crippen LogP contribution in [0.3, 0.4) is 0 Å². The zero-order chi connectivity index (χ0) is 14.8. The predicted molar refractivity (Wildman–Crippen MR) is 74.5 cm³/mol. The first-order valence-corrected chi connectivity index (χ1v) is 6.67. The number of carbonyl (C=O) groups is 1. The van der Waals surface area contributed by atoms with Crippen molar-refractivity contribution in [1.82, 2.24) is 10.1 Å². The first-order valence-electron chi connectivity index (χ1n) is 6.67. The molecule has 0 saturated heterocycles. The Bertz CT molecular complexity index is 665. The summed E-state index contributed by atoms with van der Waals surface area (Å²) in [4.78, 5) is 14.5. The number of rotatable bonds is 3. The summed E-state index contributed by atoms with van der Waals surface area (Å²) in [6.45, 7) is 1.10. The molecule has 0 unspecified atom stereocenters. The van der Waals surface area contributed by atoms with Gasteiger partial charge in [0.15, 0.2) is 11.5 Å². The van der Waals surface area contributed by atoms with Gasteiger partial charge < -0.3 is 18.9 Å². The van der Waals surface area contributed by atoms with Crippen molar-refractivity contribution in [3.05, 3.63) is 41.3 Å². The fraction of sp³-hybridized carbons (Fsp3) is 0.333. The average molecular weight is 288 g/mol. The Morgan fingerprint density at radius 3 is 2.95 bits per heavy atom. The minimum atomic E-state index is -0.0856. The summed E-state index contributed by atoms with van der Waals surface area (Å²) in [6.07, 6.45) is 2.34. The van der Waals surface area contributed by atoms with Gasteiger partial charge in [-0.3, -0.25) is 4.79 Å². The SMILES string of the molecule is COc1cccc(C(=O)N2CCc3oncc3C2)c1OC. The standard InChI is InChI=1S/C15H16N2O4/c1-19-13-5-3-4-11(14(13)20-2)15(18)17-7-6-12-10(9-17)8-16-21-12/h3-5,8H,6-7,9H2,1-2H3. The molecule has 0 saturated carbocycles. The third-order valence-corrected chi connectivity index (χ3v) is 3.62. The highest BCUT2D eigenvalue weighted by Gasteiger charge is 2.27. The van der Waals surface area contributed by atoms with E-state index in [0.717, 1.165) is 11.3 Å². The summed E-state index contributed by atoms with van der Waals surface area (Å²) in [5.74, 6) is 1.78. The van der Waals surface area contributed by atoms with E-state index in [1.54, 1.807) is 36.4 Å². The zero-order valence-corrected chi connectivity index (χ0v) is 12.0. The van der Waals surface area contributed by atoms with Crippen LogP contribution in [0.15, 0.2) is 28.9 Å². The van der Waals surface area contributed by atoms with E-state index < -0.39 is 0 Å². The van der Waals surface area contributed by atoms with Crippen LogP contribution in [0.4, 0.5) is 0 Å². The zero-order valence-electron chi connectivity index (χ0n) is 12.0. The van der Waals surface area contributed by atoms with Gasteiger partial charge in [0, 0.05) is 18.5 Å². The van der Waals surface area contributed by atoms with Crippen LogP contribution in [0.25, 0.3) is 0 Å². The van der Waals surface area contributed by atoms with Gasteiger partial charge in [-0.15, -0.1) is 0 Å². The van der Waals surface area contributed by atoms with Crippen molar-refractivity contribution >= 4 is 5.91 Å². The predicted octanol–water partition coefficient (Wildman–Crippen LogP) is 1.89. The van der Waals surface area contributed by atoms with Gasteiger partial charge in [0.1, 0.15) is 5.76 Å². The highest BCUT2D eigenvalue weighted by Crippen LogP contribution is 2.32. The van der Waals surface area contributed by atoms with Crippen molar-refractivity contribution < 1.29 is 18.8 Å². The van der Waals surface area contributed by atoms with E-state index in [2.05, 4.69) is 5.16 Å². The lowest BCUT2D eigenvalue weighted by Gasteiger charge is -2.26. The van der Waals surface area contributed by atoms with Crippen LogP contribution in [0.5, 0.6) is 11.5 Å². The third-order valence-electron chi connectivity index (χ3n) is 3.62. The minimum Gasteiger partial charge on any atom is -0.493 e. The first-order chi connectivity index (χ1) is 10.2. The number of hydrogen-bond donors (Lipinski definition) is 0. The number of para-hydroxylation sites is 1. The molecule has 1 aromatic carbocycles. The van der Waals surface area contributed by atoms with E-state index >= 15 is 0 Å². The first kappa shape index (κ1) is 13.5. The minimum absolute atomic E-state index is 0.0856. The molecule has 1 aliphatic rings. The molecular formula is C15H16N2O4. The van der Waals surface area contributed by atoms with Gasteiger partial charge in [-0.1, -0.05) is 11.2 Å². The molecule has 0 spiro atoms. The molecule has 0 N–H and O–H groups in total. The smallest absolute Gasteiger partial charge is 0.258 e. The molecule has 0 bridgehead atoms. The molecular weight excluding hydrogens is 272 g/mol. The largest absolute Gasteiger partial charge is 0.493 e. The van der Waals surface area contributed by atoms with Crippen LogP contribution >= 0.6 is 0 Å². The molecule has 6 heteroatoms. The third kappa shape index (κ3) is 2.33. The quantitative estimate of drug-likeness (QED) is 0.863. The number of nitrogens with zero attached hydrogens (tertiary/aromatic N) is 2. The summed E-state index contributed by atoms with van der Waals surface area (Å²) in [7, 11) is 3.08. The van der Waals surface area contributed by atoms with Crippen molar-refractivity contribution in [3.63, 3.8) is 0 Å². The lowest BCUT2D eigenvalue weighted by atomic mass is 10.1. The van der Waals surface area contributed by atoms with E-state index in [9.17, 15) is 4.79 Å². The number of methoxy groups -OCH3 is 2. The maximum absolute atomic E-state index is 12.7. The van der Waals surface area contributed by atoms with E-state index in [1.807, 2.05) is 0 Å². The number of amides is 1. The fourth-order valence-corrected chi connectivity index (χ4v) is 2.54. The second-order valence-electron chi connectivity index (χ2n) is 4.79. The molecule has 2 aromatic rings. The lowest BCUT2D eigenvalue weighted by Crippen LogP contribution is -2.35. The van der Waals surface area contributed by atoms with Crippen LogP contribution in [0, 0.1) is 0 Å². The molecule has 1 aromatic heterocycles. The number of benzene rings is 1. The maximum atomic E-state index is 12.7. The molecule has 110 valence electrons. The molecule has 1 aliphatic heterocycles.